The van der Waals surface area contributed by atoms with Crippen molar-refractivity contribution in [2.24, 2.45) is 5.92 Å². The first-order valence-electron chi connectivity index (χ1n) is 7.78. The lowest BCUT2D eigenvalue weighted by atomic mass is 9.97. The molecule has 0 saturated carbocycles. The molecule has 1 aromatic rings. The van der Waals surface area contributed by atoms with Crippen LogP contribution in [0.5, 0.6) is 5.75 Å². The number of carbonyl (C=O) groups excluding carboxylic acids is 2. The van der Waals surface area contributed by atoms with Gasteiger partial charge in [-0.25, -0.2) is 0 Å². The topological polar surface area (TPSA) is 55.8 Å². The Morgan fingerprint density at radius 3 is 2.78 bits per heavy atom. The zero-order valence-corrected chi connectivity index (χ0v) is 14.5. The Balaban J connectivity index is 2.22. The van der Waals surface area contributed by atoms with Crippen LogP contribution in [0.3, 0.4) is 0 Å². The van der Waals surface area contributed by atoms with Crippen LogP contribution < -0.4 is 4.74 Å². The number of likely N-dealkylation sites (tertiary alicyclic amines) is 1. The van der Waals surface area contributed by atoms with E-state index in [1.807, 2.05) is 6.92 Å². The Kier molecular flexibility index (Phi) is 5.88. The third-order valence-corrected chi connectivity index (χ3v) is 4.22. The second-order valence-electron chi connectivity index (χ2n) is 5.65. The van der Waals surface area contributed by atoms with E-state index in [0.29, 0.717) is 36.0 Å². The van der Waals surface area contributed by atoms with Crippen LogP contribution in [0.1, 0.15) is 35.7 Å². The average molecular weight is 340 g/mol. The molecule has 0 bridgehead atoms. The standard InChI is InChI=1S/C17H22ClNO4/c1-4-23-17(21)12-6-5-7-19(10-12)16(20)14-9-13(18)8-11(2)15(14)22-3/h8-9,12H,4-7,10H2,1-3H3. The molecule has 1 fully saturated rings. The summed E-state index contributed by atoms with van der Waals surface area (Å²) in [6, 6.07) is 3.37. The number of methoxy groups -OCH3 is 1. The summed E-state index contributed by atoms with van der Waals surface area (Å²) >= 11 is 6.08. The van der Waals surface area contributed by atoms with Crippen LogP contribution in [0.4, 0.5) is 0 Å². The zero-order chi connectivity index (χ0) is 17.0. The maximum atomic E-state index is 12.8. The van der Waals surface area contributed by atoms with E-state index in [2.05, 4.69) is 0 Å². The van der Waals surface area contributed by atoms with E-state index in [4.69, 9.17) is 21.1 Å². The summed E-state index contributed by atoms with van der Waals surface area (Å²) in [5.74, 6) is -0.141. The van der Waals surface area contributed by atoms with Crippen molar-refractivity contribution in [3.63, 3.8) is 0 Å². The maximum Gasteiger partial charge on any atom is 0.310 e. The number of ether oxygens (including phenoxy) is 2. The number of carbonyl (C=O) groups is 2. The van der Waals surface area contributed by atoms with Gasteiger partial charge in [0, 0.05) is 18.1 Å². The van der Waals surface area contributed by atoms with Crippen molar-refractivity contribution in [1.82, 2.24) is 4.90 Å². The summed E-state index contributed by atoms with van der Waals surface area (Å²) < 4.78 is 10.4. The highest BCUT2D eigenvalue weighted by molar-refractivity contribution is 6.31. The third kappa shape index (κ3) is 3.96. The molecule has 0 radical (unpaired) electrons. The van der Waals surface area contributed by atoms with Gasteiger partial charge in [0.1, 0.15) is 5.75 Å². The molecule has 126 valence electrons. The predicted octanol–water partition coefficient (Wildman–Crippen LogP) is 3.07. The Bertz CT molecular complexity index is 603. The van der Waals surface area contributed by atoms with Crippen LogP contribution in [0, 0.1) is 12.8 Å². The third-order valence-electron chi connectivity index (χ3n) is 4.00. The highest BCUT2D eigenvalue weighted by atomic mass is 35.5. The molecular weight excluding hydrogens is 318 g/mol. The van der Waals surface area contributed by atoms with E-state index in [1.165, 1.54) is 7.11 Å². The molecule has 5 nitrogen and oxygen atoms in total. The van der Waals surface area contributed by atoms with Crippen LogP contribution in [0.2, 0.25) is 5.02 Å². The molecule has 1 aliphatic heterocycles. The van der Waals surface area contributed by atoms with Gasteiger partial charge in [-0.1, -0.05) is 11.6 Å². The number of benzene rings is 1. The Morgan fingerprint density at radius 1 is 1.39 bits per heavy atom. The SMILES string of the molecule is CCOC(=O)C1CCCN(C(=O)c2cc(Cl)cc(C)c2OC)C1. The van der Waals surface area contributed by atoms with Crippen LogP contribution in [0.25, 0.3) is 0 Å². The second-order valence-corrected chi connectivity index (χ2v) is 6.08. The average Bonchev–Trinajstić information content (AvgIpc) is 2.54. The molecular formula is C17H22ClNO4. The quantitative estimate of drug-likeness (QED) is 0.791. The zero-order valence-electron chi connectivity index (χ0n) is 13.7. The molecule has 2 rings (SSSR count). The first-order chi connectivity index (χ1) is 11.0. The van der Waals surface area contributed by atoms with E-state index >= 15 is 0 Å². The minimum Gasteiger partial charge on any atom is -0.496 e. The van der Waals surface area contributed by atoms with Crippen LogP contribution in [-0.2, 0) is 9.53 Å². The summed E-state index contributed by atoms with van der Waals surface area (Å²) in [6.45, 7) is 4.96. The monoisotopic (exact) mass is 339 g/mol. The lowest BCUT2D eigenvalue weighted by Crippen LogP contribution is -2.43. The van der Waals surface area contributed by atoms with Crippen molar-refractivity contribution in [2.45, 2.75) is 26.7 Å². The van der Waals surface area contributed by atoms with Gasteiger partial charge in [-0.15, -0.1) is 0 Å². The molecule has 1 atom stereocenters. The Morgan fingerprint density at radius 2 is 2.13 bits per heavy atom. The van der Waals surface area contributed by atoms with Crippen molar-refractivity contribution in [2.75, 3.05) is 26.8 Å². The van der Waals surface area contributed by atoms with Crippen molar-refractivity contribution in [3.8, 4) is 5.75 Å². The van der Waals surface area contributed by atoms with Crippen molar-refractivity contribution < 1.29 is 19.1 Å². The molecule has 0 spiro atoms. The number of nitrogens with zero attached hydrogens (tertiary/aromatic N) is 1. The second kappa shape index (κ2) is 7.68. The number of esters is 1. The van der Waals surface area contributed by atoms with E-state index in [1.54, 1.807) is 24.0 Å². The lowest BCUT2D eigenvalue weighted by Gasteiger charge is -2.32. The van der Waals surface area contributed by atoms with Gasteiger partial charge in [-0.2, -0.15) is 0 Å². The maximum absolute atomic E-state index is 12.8. The number of hydrogen-bond acceptors (Lipinski definition) is 4. The van der Waals surface area contributed by atoms with Crippen molar-refractivity contribution >= 4 is 23.5 Å². The minimum atomic E-state index is -0.265. The number of piperidine rings is 1. The van der Waals surface area contributed by atoms with Gasteiger partial charge in [-0.3, -0.25) is 9.59 Å². The summed E-state index contributed by atoms with van der Waals surface area (Å²) in [7, 11) is 1.53. The van der Waals surface area contributed by atoms with E-state index in [9.17, 15) is 9.59 Å². The lowest BCUT2D eigenvalue weighted by molar-refractivity contribution is -0.149. The molecule has 6 heteroatoms. The number of halogens is 1. The molecule has 0 aromatic heterocycles. The molecule has 0 aliphatic carbocycles. The van der Waals surface area contributed by atoms with Crippen molar-refractivity contribution in [3.05, 3.63) is 28.3 Å². The van der Waals surface area contributed by atoms with Crippen LogP contribution in [-0.4, -0.2) is 43.6 Å². The van der Waals surface area contributed by atoms with Gasteiger partial charge < -0.3 is 14.4 Å². The number of rotatable bonds is 4. The fourth-order valence-electron chi connectivity index (χ4n) is 2.94. The predicted molar refractivity (Wildman–Crippen MR) is 88.0 cm³/mol. The fraction of sp³-hybridized carbons (Fsp3) is 0.529. The summed E-state index contributed by atoms with van der Waals surface area (Å²) in [6.07, 6.45) is 1.52. The fourth-order valence-corrected chi connectivity index (χ4v) is 3.22. The van der Waals surface area contributed by atoms with Gasteiger partial charge in [0.05, 0.1) is 25.2 Å². The van der Waals surface area contributed by atoms with Gasteiger partial charge in [0.15, 0.2) is 0 Å². The van der Waals surface area contributed by atoms with Gasteiger partial charge >= 0.3 is 5.97 Å². The van der Waals surface area contributed by atoms with Gasteiger partial charge in [-0.05, 0) is 44.4 Å². The largest absolute Gasteiger partial charge is 0.496 e. The van der Waals surface area contributed by atoms with Crippen molar-refractivity contribution in [1.29, 1.82) is 0 Å². The molecule has 1 aromatic carbocycles. The van der Waals surface area contributed by atoms with E-state index < -0.39 is 0 Å². The molecule has 1 saturated heterocycles. The van der Waals surface area contributed by atoms with Gasteiger partial charge in [0.25, 0.3) is 5.91 Å². The molecule has 1 amide bonds. The number of aryl methyl sites for hydroxylation is 1. The minimum absolute atomic E-state index is 0.165. The highest BCUT2D eigenvalue weighted by Crippen LogP contribution is 2.30. The van der Waals surface area contributed by atoms with Crippen LogP contribution >= 0.6 is 11.6 Å². The highest BCUT2D eigenvalue weighted by Gasteiger charge is 2.31. The van der Waals surface area contributed by atoms with Gasteiger partial charge in [0.2, 0.25) is 0 Å². The number of hydrogen-bond donors (Lipinski definition) is 0. The normalized spacial score (nSPS) is 17.7. The Hall–Kier alpha value is -1.75. The summed E-state index contributed by atoms with van der Waals surface area (Å²) in [4.78, 5) is 26.5. The molecule has 23 heavy (non-hydrogen) atoms. The molecule has 1 aliphatic rings. The summed E-state index contributed by atoms with van der Waals surface area (Å²) in [5, 5.41) is 0.491. The Labute approximate surface area is 141 Å². The number of amides is 1. The molecule has 1 heterocycles. The molecule has 1 unspecified atom stereocenters. The van der Waals surface area contributed by atoms with E-state index in [-0.39, 0.29) is 17.8 Å². The summed E-state index contributed by atoms with van der Waals surface area (Å²) in [5.41, 5.74) is 1.24. The first kappa shape index (κ1) is 17.6. The van der Waals surface area contributed by atoms with Crippen LogP contribution in [0.15, 0.2) is 12.1 Å². The first-order valence-corrected chi connectivity index (χ1v) is 8.15. The van der Waals surface area contributed by atoms with E-state index in [0.717, 1.165) is 18.4 Å². The smallest absolute Gasteiger partial charge is 0.310 e. The molecule has 0 N–H and O–H groups in total.